The van der Waals surface area contributed by atoms with Gasteiger partial charge in [-0.05, 0) is 71.1 Å². The normalized spacial score (nSPS) is 15.2. The minimum absolute atomic E-state index is 0.0674. The van der Waals surface area contributed by atoms with Crippen molar-refractivity contribution in [1.82, 2.24) is 10.2 Å². The first-order chi connectivity index (χ1) is 21.1. The van der Waals surface area contributed by atoms with Gasteiger partial charge in [-0.3, -0.25) is 4.90 Å². The molecule has 0 aliphatic heterocycles. The molecule has 0 radical (unpaired) electrons. The summed E-state index contributed by atoms with van der Waals surface area (Å²) in [5.41, 5.74) is 0.677. The zero-order valence-electron chi connectivity index (χ0n) is 26.9. The van der Waals surface area contributed by atoms with Gasteiger partial charge < -0.3 is 24.4 Å². The smallest absolute Gasteiger partial charge is 0.410 e. The molecule has 0 aliphatic rings. The molecular weight excluding hydrogens is 592 g/mol. The Morgan fingerprint density at radius 3 is 1.64 bits per heavy atom. The quantitative estimate of drug-likeness (QED) is 0.204. The fraction of sp³-hybridized carbons (Fsp3) is 0.429. The number of hydrogen-bond donors (Lipinski definition) is 3. The molecule has 9 nitrogen and oxygen atoms in total. The third-order valence-corrected chi connectivity index (χ3v) is 7.95. The molecule has 0 aliphatic carbocycles. The molecule has 5 atom stereocenters. The van der Waals surface area contributed by atoms with E-state index in [0.717, 1.165) is 16.7 Å². The van der Waals surface area contributed by atoms with Crippen LogP contribution in [0.25, 0.3) is 0 Å². The van der Waals surface area contributed by atoms with E-state index < -0.39 is 57.9 Å². The van der Waals surface area contributed by atoms with Crippen LogP contribution < -0.4 is 5.32 Å². The second kappa shape index (κ2) is 16.0. The molecule has 3 aromatic rings. The van der Waals surface area contributed by atoms with E-state index in [1.807, 2.05) is 91.0 Å². The van der Waals surface area contributed by atoms with E-state index in [0.29, 0.717) is 0 Å². The highest BCUT2D eigenvalue weighted by Crippen LogP contribution is 2.25. The summed E-state index contributed by atoms with van der Waals surface area (Å²) in [6, 6.07) is 25.6. The maximum Gasteiger partial charge on any atom is 0.410 e. The summed E-state index contributed by atoms with van der Waals surface area (Å²) in [6.45, 7) is 10.5. The number of carbonyl (C=O) groups is 2. The summed E-state index contributed by atoms with van der Waals surface area (Å²) in [6.07, 6.45) is -2.80. The molecule has 45 heavy (non-hydrogen) atoms. The van der Waals surface area contributed by atoms with Gasteiger partial charge in [0, 0.05) is 6.54 Å². The number of alkyl carbamates (subject to hydrolysis) is 1. The molecule has 0 saturated heterocycles. The molecule has 0 saturated carbocycles. The molecule has 0 aromatic heterocycles. The average molecular weight is 639 g/mol. The van der Waals surface area contributed by atoms with Crippen LogP contribution in [0.1, 0.15) is 58.2 Å². The third-order valence-electron chi connectivity index (χ3n) is 6.87. The Hall–Kier alpha value is -3.73. The van der Waals surface area contributed by atoms with Crippen molar-refractivity contribution in [2.45, 2.75) is 95.6 Å². The number of nitrogens with one attached hydrogen (secondary N) is 1. The zero-order valence-corrected chi connectivity index (χ0v) is 27.7. The van der Waals surface area contributed by atoms with Crippen molar-refractivity contribution in [2.24, 2.45) is 0 Å². The second-order valence-corrected chi connectivity index (χ2v) is 14.1. The Morgan fingerprint density at radius 2 is 1.20 bits per heavy atom. The molecule has 2 amide bonds. The predicted octanol–water partition coefficient (Wildman–Crippen LogP) is 6.12. The highest BCUT2D eigenvalue weighted by molar-refractivity contribution is 7.80. The number of amides is 2. The number of aliphatic hydroxyl groups is 1. The number of carbonyl (C=O) groups excluding carboxylic acids is 2. The van der Waals surface area contributed by atoms with E-state index in [1.165, 1.54) is 4.90 Å². The SMILES string of the molecule is CC(C)(C)OC(=O)N[C@@H](Cc1ccccc1)C(C(O)[C@H](Cc1ccccc1)N(Cc1ccccc1)C(=O)OC(C)(C)C)S(=O)O. The molecule has 0 heterocycles. The van der Waals surface area contributed by atoms with Gasteiger partial charge in [0.05, 0.1) is 18.2 Å². The lowest BCUT2D eigenvalue weighted by atomic mass is 9.92. The van der Waals surface area contributed by atoms with Gasteiger partial charge in [0.1, 0.15) is 16.5 Å². The fourth-order valence-electron chi connectivity index (χ4n) is 4.98. The highest BCUT2D eigenvalue weighted by Gasteiger charge is 2.43. The van der Waals surface area contributed by atoms with E-state index in [9.17, 15) is 23.5 Å². The Morgan fingerprint density at radius 1 is 0.756 bits per heavy atom. The van der Waals surface area contributed by atoms with Gasteiger partial charge in [0.15, 0.2) is 11.1 Å². The van der Waals surface area contributed by atoms with Gasteiger partial charge in [-0.15, -0.1) is 0 Å². The Balaban J connectivity index is 2.12. The number of benzene rings is 3. The molecule has 3 N–H and O–H groups in total. The molecule has 10 heteroatoms. The maximum atomic E-state index is 13.9. The van der Waals surface area contributed by atoms with E-state index in [4.69, 9.17) is 9.47 Å². The lowest BCUT2D eigenvalue weighted by Crippen LogP contribution is -2.60. The van der Waals surface area contributed by atoms with Crippen molar-refractivity contribution in [3.63, 3.8) is 0 Å². The zero-order chi connectivity index (χ0) is 33.2. The number of hydrogen-bond acceptors (Lipinski definition) is 6. The fourth-order valence-corrected chi connectivity index (χ4v) is 5.85. The molecule has 244 valence electrons. The van der Waals surface area contributed by atoms with Crippen LogP contribution >= 0.6 is 0 Å². The maximum absolute atomic E-state index is 13.9. The summed E-state index contributed by atoms with van der Waals surface area (Å²) in [4.78, 5) is 28.3. The highest BCUT2D eigenvalue weighted by atomic mass is 32.2. The third kappa shape index (κ3) is 11.9. The van der Waals surface area contributed by atoms with E-state index in [1.54, 1.807) is 41.5 Å². The summed E-state index contributed by atoms with van der Waals surface area (Å²) in [5, 5.41) is 13.5. The van der Waals surface area contributed by atoms with Crippen LogP contribution in [0.4, 0.5) is 9.59 Å². The topological polar surface area (TPSA) is 125 Å². The molecule has 0 fully saturated rings. The molecule has 3 unspecified atom stereocenters. The predicted molar refractivity (Wildman–Crippen MR) is 176 cm³/mol. The minimum atomic E-state index is -2.65. The first kappa shape index (κ1) is 35.7. The van der Waals surface area contributed by atoms with Gasteiger partial charge >= 0.3 is 12.2 Å². The minimum Gasteiger partial charge on any atom is -0.444 e. The summed E-state index contributed by atoms with van der Waals surface area (Å²) >= 11 is -2.65. The van der Waals surface area contributed by atoms with E-state index in [2.05, 4.69) is 5.32 Å². The standard InChI is InChI=1S/C35H46N2O7S/c1-34(2,3)43-32(39)36-28(22-25-16-10-7-11-17-25)31(45(41)42)30(38)29(23-26-18-12-8-13-19-26)37(33(40)44-35(4,5)6)24-27-20-14-9-15-21-27/h7-21,28-31,38H,22-24H2,1-6H3,(H,36,39)(H,41,42)/t28-,29-,30?,31?/m0/s1. The van der Waals surface area contributed by atoms with Crippen molar-refractivity contribution in [3.05, 3.63) is 108 Å². The van der Waals surface area contributed by atoms with Crippen molar-refractivity contribution >= 4 is 23.3 Å². The molecule has 3 aromatic carbocycles. The largest absolute Gasteiger partial charge is 0.444 e. The Bertz CT molecular complexity index is 1380. The number of nitrogens with zero attached hydrogens (tertiary/aromatic N) is 1. The molecule has 0 bridgehead atoms. The molecule has 3 rings (SSSR count). The van der Waals surface area contributed by atoms with E-state index >= 15 is 0 Å². The van der Waals surface area contributed by atoms with Crippen molar-refractivity contribution in [2.75, 3.05) is 0 Å². The summed E-state index contributed by atoms with van der Waals surface area (Å²) in [7, 11) is 0. The lowest BCUT2D eigenvalue weighted by molar-refractivity contribution is -0.0120. The van der Waals surface area contributed by atoms with E-state index in [-0.39, 0.29) is 19.4 Å². The van der Waals surface area contributed by atoms with Crippen molar-refractivity contribution in [1.29, 1.82) is 0 Å². The van der Waals surface area contributed by atoms with Gasteiger partial charge in [-0.2, -0.15) is 0 Å². The van der Waals surface area contributed by atoms with Crippen LogP contribution in [-0.2, 0) is 39.9 Å². The van der Waals surface area contributed by atoms with Crippen LogP contribution in [0.5, 0.6) is 0 Å². The summed E-state index contributed by atoms with van der Waals surface area (Å²) < 4.78 is 35.3. The van der Waals surface area contributed by atoms with Crippen molar-refractivity contribution < 1.29 is 32.9 Å². The molecule has 0 spiro atoms. The number of aliphatic hydroxyl groups excluding tert-OH is 1. The first-order valence-corrected chi connectivity index (χ1v) is 16.2. The average Bonchev–Trinajstić information content (AvgIpc) is 2.94. The van der Waals surface area contributed by atoms with Crippen LogP contribution in [0.3, 0.4) is 0 Å². The van der Waals surface area contributed by atoms with Crippen LogP contribution in [0.2, 0.25) is 0 Å². The number of rotatable bonds is 12. The van der Waals surface area contributed by atoms with Gasteiger partial charge in [0.25, 0.3) is 0 Å². The van der Waals surface area contributed by atoms with Crippen LogP contribution in [-0.4, -0.2) is 65.6 Å². The van der Waals surface area contributed by atoms with Gasteiger partial charge in [0.2, 0.25) is 0 Å². The van der Waals surface area contributed by atoms with Crippen LogP contribution in [0, 0.1) is 0 Å². The monoisotopic (exact) mass is 638 g/mol. The lowest BCUT2D eigenvalue weighted by Gasteiger charge is -2.40. The Labute approximate surface area is 269 Å². The van der Waals surface area contributed by atoms with Gasteiger partial charge in [-0.1, -0.05) is 91.0 Å². The second-order valence-electron chi connectivity index (χ2n) is 13.0. The summed E-state index contributed by atoms with van der Waals surface area (Å²) in [5.74, 6) is 0. The van der Waals surface area contributed by atoms with Crippen LogP contribution in [0.15, 0.2) is 91.0 Å². The first-order valence-electron chi connectivity index (χ1n) is 15.0. The van der Waals surface area contributed by atoms with Gasteiger partial charge in [-0.25, -0.2) is 13.8 Å². The number of ether oxygens (including phenoxy) is 2. The molecular formula is C35H46N2O7S. The van der Waals surface area contributed by atoms with Crippen molar-refractivity contribution in [3.8, 4) is 0 Å². The Kier molecular flexibility index (Phi) is 12.7.